The van der Waals surface area contributed by atoms with Crippen LogP contribution >= 0.6 is 0 Å². The maximum atomic E-state index is 12.1. The number of rotatable bonds is 3. The summed E-state index contributed by atoms with van der Waals surface area (Å²) in [5.74, 6) is 0.594. The Labute approximate surface area is 105 Å². The lowest BCUT2D eigenvalue weighted by molar-refractivity contribution is 0.0776. The molecule has 2 aromatic heterocycles. The van der Waals surface area contributed by atoms with E-state index < -0.39 is 0 Å². The number of hydrogen-bond acceptors (Lipinski definition) is 4. The van der Waals surface area contributed by atoms with Crippen LogP contribution in [-0.2, 0) is 13.6 Å². The van der Waals surface area contributed by atoms with Crippen LogP contribution in [0.4, 0.5) is 5.69 Å². The first-order chi connectivity index (χ1) is 8.59. The van der Waals surface area contributed by atoms with Crippen molar-refractivity contribution < 1.29 is 4.79 Å². The van der Waals surface area contributed by atoms with Crippen LogP contribution in [0, 0.1) is 0 Å². The van der Waals surface area contributed by atoms with Crippen LogP contribution < -0.4 is 5.73 Å². The average Bonchev–Trinajstić information content (AvgIpc) is 2.75. The van der Waals surface area contributed by atoms with Gasteiger partial charge in [-0.05, 0) is 12.1 Å². The van der Waals surface area contributed by atoms with Gasteiger partial charge in [0, 0.05) is 32.7 Å². The quantitative estimate of drug-likeness (QED) is 0.862. The molecule has 6 nitrogen and oxygen atoms in total. The van der Waals surface area contributed by atoms with E-state index in [1.54, 1.807) is 36.5 Å². The monoisotopic (exact) mass is 245 g/mol. The zero-order valence-electron chi connectivity index (χ0n) is 10.4. The van der Waals surface area contributed by atoms with E-state index in [0.29, 0.717) is 12.2 Å². The Morgan fingerprint density at radius 2 is 2.22 bits per heavy atom. The molecule has 0 aliphatic heterocycles. The maximum Gasteiger partial charge on any atom is 0.274 e. The van der Waals surface area contributed by atoms with Crippen molar-refractivity contribution in [1.29, 1.82) is 0 Å². The average molecular weight is 245 g/mol. The number of aryl methyl sites for hydroxylation is 1. The van der Waals surface area contributed by atoms with Crippen LogP contribution in [0.25, 0.3) is 0 Å². The SMILES string of the molecule is CN(Cc1nccn1C)C(=O)c1ncccc1N. The molecule has 0 saturated heterocycles. The van der Waals surface area contributed by atoms with E-state index in [-0.39, 0.29) is 11.6 Å². The van der Waals surface area contributed by atoms with Gasteiger partial charge in [-0.1, -0.05) is 0 Å². The molecule has 0 radical (unpaired) electrons. The number of nitrogens with zero attached hydrogens (tertiary/aromatic N) is 4. The van der Waals surface area contributed by atoms with E-state index in [1.165, 1.54) is 0 Å². The van der Waals surface area contributed by atoms with E-state index >= 15 is 0 Å². The van der Waals surface area contributed by atoms with Crippen LogP contribution in [0.3, 0.4) is 0 Å². The van der Waals surface area contributed by atoms with E-state index in [9.17, 15) is 4.79 Å². The van der Waals surface area contributed by atoms with Crippen molar-refractivity contribution in [2.24, 2.45) is 7.05 Å². The fraction of sp³-hybridized carbons (Fsp3) is 0.250. The van der Waals surface area contributed by atoms with Crippen molar-refractivity contribution in [2.75, 3.05) is 12.8 Å². The van der Waals surface area contributed by atoms with Crippen LogP contribution in [0.2, 0.25) is 0 Å². The molecule has 94 valence electrons. The van der Waals surface area contributed by atoms with Gasteiger partial charge in [0.05, 0.1) is 12.2 Å². The number of carbonyl (C=O) groups is 1. The standard InChI is InChI=1S/C12H15N5O/c1-16-7-6-14-10(16)8-17(2)12(18)11-9(13)4-3-5-15-11/h3-7H,8,13H2,1-2H3. The second-order valence-corrected chi connectivity index (χ2v) is 4.06. The molecule has 0 aliphatic rings. The summed E-state index contributed by atoms with van der Waals surface area (Å²) in [5.41, 5.74) is 6.39. The molecular weight excluding hydrogens is 230 g/mol. The van der Waals surface area contributed by atoms with Crippen molar-refractivity contribution in [3.63, 3.8) is 0 Å². The van der Waals surface area contributed by atoms with Gasteiger partial charge in [-0.25, -0.2) is 9.97 Å². The number of aromatic nitrogens is 3. The molecule has 18 heavy (non-hydrogen) atoms. The molecule has 0 fully saturated rings. The van der Waals surface area contributed by atoms with Crippen molar-refractivity contribution in [3.8, 4) is 0 Å². The first-order valence-electron chi connectivity index (χ1n) is 5.51. The number of hydrogen-bond donors (Lipinski definition) is 1. The van der Waals surface area contributed by atoms with Gasteiger partial charge in [0.25, 0.3) is 5.91 Å². The van der Waals surface area contributed by atoms with Gasteiger partial charge < -0.3 is 15.2 Å². The third-order valence-electron chi connectivity index (χ3n) is 2.69. The van der Waals surface area contributed by atoms with Crippen molar-refractivity contribution in [3.05, 3.63) is 42.2 Å². The van der Waals surface area contributed by atoms with Crippen LogP contribution in [0.5, 0.6) is 0 Å². The number of nitrogens with two attached hydrogens (primary N) is 1. The van der Waals surface area contributed by atoms with Gasteiger partial charge in [-0.2, -0.15) is 0 Å². The normalized spacial score (nSPS) is 10.3. The van der Waals surface area contributed by atoms with Gasteiger partial charge >= 0.3 is 0 Å². The zero-order chi connectivity index (χ0) is 13.1. The van der Waals surface area contributed by atoms with Crippen LogP contribution in [0.15, 0.2) is 30.7 Å². The number of amides is 1. The van der Waals surface area contributed by atoms with Gasteiger partial charge in [0.2, 0.25) is 0 Å². The highest BCUT2D eigenvalue weighted by molar-refractivity contribution is 5.96. The second-order valence-electron chi connectivity index (χ2n) is 4.06. The lowest BCUT2D eigenvalue weighted by Crippen LogP contribution is -2.28. The highest BCUT2D eigenvalue weighted by Crippen LogP contribution is 2.11. The lowest BCUT2D eigenvalue weighted by Gasteiger charge is -2.17. The van der Waals surface area contributed by atoms with Gasteiger partial charge in [0.15, 0.2) is 5.69 Å². The van der Waals surface area contributed by atoms with E-state index in [2.05, 4.69) is 9.97 Å². The fourth-order valence-corrected chi connectivity index (χ4v) is 1.61. The number of anilines is 1. The first kappa shape index (κ1) is 12.1. The Bertz CT molecular complexity index is 563. The predicted molar refractivity (Wildman–Crippen MR) is 67.7 cm³/mol. The summed E-state index contributed by atoms with van der Waals surface area (Å²) in [7, 11) is 3.58. The molecule has 0 saturated carbocycles. The molecule has 2 aromatic rings. The molecule has 0 aromatic carbocycles. The largest absolute Gasteiger partial charge is 0.397 e. The minimum Gasteiger partial charge on any atom is -0.397 e. The van der Waals surface area contributed by atoms with Crippen LogP contribution in [0.1, 0.15) is 16.3 Å². The van der Waals surface area contributed by atoms with Crippen molar-refractivity contribution in [2.45, 2.75) is 6.54 Å². The summed E-state index contributed by atoms with van der Waals surface area (Å²) in [6.07, 6.45) is 5.09. The summed E-state index contributed by atoms with van der Waals surface area (Å²) >= 11 is 0. The Balaban J connectivity index is 2.15. The molecule has 0 atom stereocenters. The summed E-state index contributed by atoms with van der Waals surface area (Å²) in [6, 6.07) is 3.36. The number of imidazole rings is 1. The Morgan fingerprint density at radius 1 is 1.44 bits per heavy atom. The highest BCUT2D eigenvalue weighted by Gasteiger charge is 2.17. The number of carbonyl (C=O) groups excluding carboxylic acids is 1. The molecular formula is C12H15N5O. The van der Waals surface area contributed by atoms with Crippen molar-refractivity contribution >= 4 is 11.6 Å². The summed E-state index contributed by atoms with van der Waals surface area (Å²) in [4.78, 5) is 21.9. The molecule has 0 bridgehead atoms. The number of pyridine rings is 1. The molecule has 0 aliphatic carbocycles. The summed E-state index contributed by atoms with van der Waals surface area (Å²) < 4.78 is 1.87. The minimum atomic E-state index is -0.212. The minimum absolute atomic E-state index is 0.212. The summed E-state index contributed by atoms with van der Waals surface area (Å²) in [5, 5.41) is 0. The molecule has 0 spiro atoms. The topological polar surface area (TPSA) is 77.0 Å². The maximum absolute atomic E-state index is 12.1. The molecule has 0 unspecified atom stereocenters. The van der Waals surface area contributed by atoms with E-state index in [4.69, 9.17) is 5.73 Å². The van der Waals surface area contributed by atoms with E-state index in [1.807, 2.05) is 17.8 Å². The molecule has 1 amide bonds. The van der Waals surface area contributed by atoms with Gasteiger partial charge in [0.1, 0.15) is 5.82 Å². The third-order valence-corrected chi connectivity index (χ3v) is 2.69. The molecule has 2 rings (SSSR count). The highest BCUT2D eigenvalue weighted by atomic mass is 16.2. The Morgan fingerprint density at radius 3 is 2.83 bits per heavy atom. The molecule has 6 heteroatoms. The Hall–Kier alpha value is -2.37. The fourth-order valence-electron chi connectivity index (χ4n) is 1.61. The summed E-state index contributed by atoms with van der Waals surface area (Å²) in [6.45, 7) is 0.415. The third kappa shape index (κ3) is 2.32. The zero-order valence-corrected chi connectivity index (χ0v) is 10.4. The van der Waals surface area contributed by atoms with Gasteiger partial charge in [-0.15, -0.1) is 0 Å². The lowest BCUT2D eigenvalue weighted by atomic mass is 10.2. The van der Waals surface area contributed by atoms with Gasteiger partial charge in [-0.3, -0.25) is 4.79 Å². The predicted octanol–water partition coefficient (Wildman–Crippen LogP) is 0.670. The first-order valence-corrected chi connectivity index (χ1v) is 5.51. The van der Waals surface area contributed by atoms with Crippen LogP contribution in [-0.4, -0.2) is 32.4 Å². The molecule has 2 heterocycles. The van der Waals surface area contributed by atoms with Crippen molar-refractivity contribution in [1.82, 2.24) is 19.4 Å². The van der Waals surface area contributed by atoms with E-state index in [0.717, 1.165) is 5.82 Å². The Kier molecular flexibility index (Phi) is 3.27. The molecule has 2 N–H and O–H groups in total. The smallest absolute Gasteiger partial charge is 0.274 e. The number of nitrogen functional groups attached to an aromatic ring is 1. The second kappa shape index (κ2) is 4.87.